The number of nitriles is 1. The second kappa shape index (κ2) is 7.80. The predicted octanol–water partition coefficient (Wildman–Crippen LogP) is 2.65. The first-order valence-electron chi connectivity index (χ1n) is 7.11. The van der Waals surface area contributed by atoms with Crippen molar-refractivity contribution in [3.05, 3.63) is 54.0 Å². The largest absolute Gasteiger partial charge is 0.469 e. The van der Waals surface area contributed by atoms with E-state index in [-0.39, 0.29) is 6.42 Å². The molecule has 6 heteroatoms. The molecule has 6 nitrogen and oxygen atoms in total. The SMILES string of the molecule is CC(OC(=O)CCc1ccco1)C(=O)Nc1cccc(C#N)c1. The summed E-state index contributed by atoms with van der Waals surface area (Å²) in [7, 11) is 0. The van der Waals surface area contributed by atoms with Gasteiger partial charge in [-0.2, -0.15) is 5.26 Å². The molecule has 0 saturated carbocycles. The van der Waals surface area contributed by atoms with E-state index in [1.165, 1.54) is 13.2 Å². The number of benzene rings is 1. The van der Waals surface area contributed by atoms with Crippen LogP contribution in [-0.2, 0) is 20.7 Å². The van der Waals surface area contributed by atoms with Crippen LogP contribution in [0, 0.1) is 11.3 Å². The molecule has 23 heavy (non-hydrogen) atoms. The van der Waals surface area contributed by atoms with Gasteiger partial charge in [0.15, 0.2) is 6.10 Å². The molecule has 0 spiro atoms. The van der Waals surface area contributed by atoms with Crippen molar-refractivity contribution in [2.75, 3.05) is 5.32 Å². The van der Waals surface area contributed by atoms with Crippen LogP contribution in [0.2, 0.25) is 0 Å². The van der Waals surface area contributed by atoms with Crippen LogP contribution in [0.3, 0.4) is 0 Å². The lowest BCUT2D eigenvalue weighted by Gasteiger charge is -2.13. The van der Waals surface area contributed by atoms with Crippen LogP contribution in [0.1, 0.15) is 24.7 Å². The zero-order valence-electron chi connectivity index (χ0n) is 12.6. The number of rotatable bonds is 6. The Hall–Kier alpha value is -3.07. The number of nitrogens with one attached hydrogen (secondary N) is 1. The van der Waals surface area contributed by atoms with Crippen molar-refractivity contribution < 1.29 is 18.7 Å². The fraction of sp³-hybridized carbons (Fsp3) is 0.235. The zero-order chi connectivity index (χ0) is 16.7. The summed E-state index contributed by atoms with van der Waals surface area (Å²) in [5, 5.41) is 11.4. The van der Waals surface area contributed by atoms with Gasteiger partial charge in [0.2, 0.25) is 0 Å². The van der Waals surface area contributed by atoms with Crippen molar-refractivity contribution in [1.29, 1.82) is 5.26 Å². The molecule has 1 aromatic heterocycles. The molecule has 0 aliphatic heterocycles. The predicted molar refractivity (Wildman–Crippen MR) is 82.4 cm³/mol. The molecule has 1 amide bonds. The van der Waals surface area contributed by atoms with E-state index in [0.717, 1.165) is 0 Å². The standard InChI is InChI=1S/C17H16N2O4/c1-12(23-16(20)8-7-15-6-3-9-22-15)17(21)19-14-5-2-4-13(10-14)11-18/h2-6,9-10,12H,7-8H2,1H3,(H,19,21). The average molecular weight is 312 g/mol. The van der Waals surface area contributed by atoms with E-state index in [0.29, 0.717) is 23.4 Å². The molecule has 1 unspecified atom stereocenters. The number of amides is 1. The van der Waals surface area contributed by atoms with Crippen LogP contribution in [0.25, 0.3) is 0 Å². The molecule has 2 aromatic rings. The first-order valence-corrected chi connectivity index (χ1v) is 7.11. The highest BCUT2D eigenvalue weighted by molar-refractivity contribution is 5.95. The molecule has 0 aliphatic carbocycles. The van der Waals surface area contributed by atoms with Gasteiger partial charge in [-0.1, -0.05) is 6.07 Å². The van der Waals surface area contributed by atoms with Crippen LogP contribution in [0.5, 0.6) is 0 Å². The van der Waals surface area contributed by atoms with E-state index in [1.54, 1.807) is 36.4 Å². The quantitative estimate of drug-likeness (QED) is 0.828. The smallest absolute Gasteiger partial charge is 0.307 e. The molecule has 118 valence electrons. The van der Waals surface area contributed by atoms with Crippen LogP contribution < -0.4 is 5.32 Å². The number of hydrogen-bond acceptors (Lipinski definition) is 5. The number of aryl methyl sites for hydroxylation is 1. The molecule has 0 radical (unpaired) electrons. The van der Waals surface area contributed by atoms with Crippen molar-refractivity contribution >= 4 is 17.6 Å². The Morgan fingerprint density at radius 3 is 2.87 bits per heavy atom. The fourth-order valence-corrected chi connectivity index (χ4v) is 1.90. The lowest BCUT2D eigenvalue weighted by atomic mass is 10.2. The van der Waals surface area contributed by atoms with Crippen LogP contribution in [0.15, 0.2) is 47.1 Å². The van der Waals surface area contributed by atoms with Crippen LogP contribution >= 0.6 is 0 Å². The maximum absolute atomic E-state index is 12.0. The van der Waals surface area contributed by atoms with E-state index in [2.05, 4.69) is 5.32 Å². The van der Waals surface area contributed by atoms with Crippen LogP contribution in [0.4, 0.5) is 5.69 Å². The van der Waals surface area contributed by atoms with Gasteiger partial charge >= 0.3 is 5.97 Å². The summed E-state index contributed by atoms with van der Waals surface area (Å²) in [6.45, 7) is 1.49. The van der Waals surface area contributed by atoms with Gasteiger partial charge in [-0.3, -0.25) is 9.59 Å². The summed E-state index contributed by atoms with van der Waals surface area (Å²) in [5.41, 5.74) is 0.915. The molecule has 0 fully saturated rings. The van der Waals surface area contributed by atoms with Crippen molar-refractivity contribution in [2.45, 2.75) is 25.9 Å². The Morgan fingerprint density at radius 1 is 1.35 bits per heavy atom. The van der Waals surface area contributed by atoms with E-state index in [1.807, 2.05) is 6.07 Å². The minimum atomic E-state index is -0.926. The third kappa shape index (κ3) is 5.00. The number of carbonyl (C=O) groups excluding carboxylic acids is 2. The first kappa shape index (κ1) is 16.3. The molecule has 1 atom stereocenters. The fourth-order valence-electron chi connectivity index (χ4n) is 1.90. The highest BCUT2D eigenvalue weighted by atomic mass is 16.5. The number of nitrogens with zero attached hydrogens (tertiary/aromatic N) is 1. The summed E-state index contributed by atoms with van der Waals surface area (Å²) < 4.78 is 10.2. The molecule has 2 rings (SSSR count). The lowest BCUT2D eigenvalue weighted by molar-refractivity contribution is -0.153. The maximum atomic E-state index is 12.0. The molecule has 0 aliphatic rings. The van der Waals surface area contributed by atoms with Gasteiger partial charge in [-0.15, -0.1) is 0 Å². The molecular formula is C17H16N2O4. The Labute approximate surface area is 133 Å². The Balaban J connectivity index is 1.82. The molecule has 1 N–H and O–H groups in total. The Morgan fingerprint density at radius 2 is 2.17 bits per heavy atom. The summed E-state index contributed by atoms with van der Waals surface area (Å²) >= 11 is 0. The lowest BCUT2D eigenvalue weighted by Crippen LogP contribution is -2.30. The number of esters is 1. The van der Waals surface area contributed by atoms with Crippen molar-refractivity contribution in [2.24, 2.45) is 0 Å². The van der Waals surface area contributed by atoms with E-state index in [9.17, 15) is 9.59 Å². The normalized spacial score (nSPS) is 11.3. The zero-order valence-corrected chi connectivity index (χ0v) is 12.6. The van der Waals surface area contributed by atoms with E-state index < -0.39 is 18.0 Å². The minimum Gasteiger partial charge on any atom is -0.469 e. The van der Waals surface area contributed by atoms with Gasteiger partial charge < -0.3 is 14.5 Å². The van der Waals surface area contributed by atoms with Gasteiger partial charge in [0.1, 0.15) is 5.76 Å². The molecule has 0 bridgehead atoms. The monoisotopic (exact) mass is 312 g/mol. The topological polar surface area (TPSA) is 92.3 Å². The summed E-state index contributed by atoms with van der Waals surface area (Å²) in [5.74, 6) is -0.242. The highest BCUT2D eigenvalue weighted by Gasteiger charge is 2.18. The van der Waals surface area contributed by atoms with Crippen molar-refractivity contribution in [3.8, 4) is 6.07 Å². The van der Waals surface area contributed by atoms with Crippen molar-refractivity contribution in [1.82, 2.24) is 0 Å². The molecule has 1 aromatic carbocycles. The van der Waals surface area contributed by atoms with E-state index in [4.69, 9.17) is 14.4 Å². The summed E-state index contributed by atoms with van der Waals surface area (Å²) in [4.78, 5) is 23.7. The van der Waals surface area contributed by atoms with Gasteiger partial charge in [0.05, 0.1) is 24.3 Å². The molecule has 0 saturated heterocycles. The second-order valence-corrected chi connectivity index (χ2v) is 4.89. The van der Waals surface area contributed by atoms with E-state index >= 15 is 0 Å². The maximum Gasteiger partial charge on any atom is 0.307 e. The van der Waals surface area contributed by atoms with Gasteiger partial charge in [-0.05, 0) is 37.3 Å². The number of hydrogen-bond donors (Lipinski definition) is 1. The van der Waals surface area contributed by atoms with Gasteiger partial charge in [0.25, 0.3) is 5.91 Å². The van der Waals surface area contributed by atoms with Crippen molar-refractivity contribution in [3.63, 3.8) is 0 Å². The number of anilines is 1. The average Bonchev–Trinajstić information content (AvgIpc) is 3.06. The second-order valence-electron chi connectivity index (χ2n) is 4.89. The number of carbonyl (C=O) groups is 2. The third-order valence-electron chi connectivity index (χ3n) is 3.09. The molecule has 1 heterocycles. The summed E-state index contributed by atoms with van der Waals surface area (Å²) in [6, 6.07) is 12.0. The Bertz CT molecular complexity index is 716. The summed E-state index contributed by atoms with van der Waals surface area (Å²) in [6.07, 6.45) is 1.16. The Kier molecular flexibility index (Phi) is 5.53. The number of ether oxygens (including phenoxy) is 1. The minimum absolute atomic E-state index is 0.134. The van der Waals surface area contributed by atoms with Crippen LogP contribution in [-0.4, -0.2) is 18.0 Å². The highest BCUT2D eigenvalue weighted by Crippen LogP contribution is 2.11. The third-order valence-corrected chi connectivity index (χ3v) is 3.09. The van der Waals surface area contributed by atoms with Gasteiger partial charge in [-0.25, -0.2) is 0 Å². The van der Waals surface area contributed by atoms with Gasteiger partial charge in [0, 0.05) is 12.1 Å². The number of furan rings is 1. The molecular weight excluding hydrogens is 296 g/mol. The first-order chi connectivity index (χ1) is 11.1.